The molecule has 0 heterocycles. The van der Waals surface area contributed by atoms with Gasteiger partial charge in [-0.15, -0.1) is 0 Å². The second kappa shape index (κ2) is 4.43. The van der Waals surface area contributed by atoms with Crippen LogP contribution < -0.4 is 0 Å². The first kappa shape index (κ1) is 11.7. The highest BCUT2D eigenvalue weighted by Crippen LogP contribution is 2.32. The van der Waals surface area contributed by atoms with E-state index in [-0.39, 0.29) is 24.3 Å². The Morgan fingerprint density at radius 2 is 2.07 bits per heavy atom. The number of carbonyl (C=O) groups is 2. The number of esters is 1. The molecule has 1 aliphatic rings. The molecule has 0 aliphatic heterocycles. The van der Waals surface area contributed by atoms with Crippen LogP contribution in [0.15, 0.2) is 22.8 Å². The summed E-state index contributed by atoms with van der Waals surface area (Å²) in [5, 5.41) is 0. The van der Waals surface area contributed by atoms with E-state index in [9.17, 15) is 9.59 Å². The lowest BCUT2D eigenvalue weighted by atomic mass is 10.00. The van der Waals surface area contributed by atoms with Gasteiger partial charge in [0.25, 0.3) is 0 Å². The van der Waals surface area contributed by atoms with Gasteiger partial charge in [0.1, 0.15) is 6.61 Å². The zero-order valence-corrected chi connectivity index (χ0v) is 9.59. The summed E-state index contributed by atoms with van der Waals surface area (Å²) in [6.45, 7) is 7.32. The lowest BCUT2D eigenvalue weighted by Gasteiger charge is -2.06. The van der Waals surface area contributed by atoms with Gasteiger partial charge in [0.2, 0.25) is 0 Å². The Morgan fingerprint density at radius 3 is 2.47 bits per heavy atom. The van der Waals surface area contributed by atoms with Gasteiger partial charge in [-0.3, -0.25) is 9.59 Å². The first-order valence-corrected chi connectivity index (χ1v) is 5.00. The fourth-order valence-corrected chi connectivity index (χ4v) is 1.67. The van der Waals surface area contributed by atoms with Gasteiger partial charge in [0, 0.05) is 18.4 Å². The van der Waals surface area contributed by atoms with Crippen molar-refractivity contribution in [3.8, 4) is 0 Å². The van der Waals surface area contributed by atoms with E-state index in [1.54, 1.807) is 6.08 Å². The molecule has 1 atom stereocenters. The molecular formula is C12H16O3. The normalized spacial score (nSPS) is 23.9. The summed E-state index contributed by atoms with van der Waals surface area (Å²) in [7, 11) is 0. The molecule has 0 unspecified atom stereocenters. The molecule has 0 radical (unpaired) electrons. The molecule has 0 bridgehead atoms. The van der Waals surface area contributed by atoms with Crippen LogP contribution in [-0.4, -0.2) is 18.4 Å². The Morgan fingerprint density at radius 1 is 1.47 bits per heavy atom. The molecule has 0 saturated heterocycles. The fraction of sp³-hybridized carbons (Fsp3) is 0.500. The Kier molecular flexibility index (Phi) is 3.45. The molecule has 82 valence electrons. The van der Waals surface area contributed by atoms with Crippen LogP contribution in [0.4, 0.5) is 0 Å². The molecular weight excluding hydrogens is 192 g/mol. The topological polar surface area (TPSA) is 43.4 Å². The summed E-state index contributed by atoms with van der Waals surface area (Å²) < 4.78 is 4.78. The van der Waals surface area contributed by atoms with Gasteiger partial charge in [-0.25, -0.2) is 0 Å². The zero-order valence-electron chi connectivity index (χ0n) is 9.59. The Labute approximate surface area is 89.8 Å². The van der Waals surface area contributed by atoms with Crippen molar-refractivity contribution in [3.63, 3.8) is 0 Å². The summed E-state index contributed by atoms with van der Waals surface area (Å²) in [4.78, 5) is 22.3. The van der Waals surface area contributed by atoms with Gasteiger partial charge >= 0.3 is 5.97 Å². The van der Waals surface area contributed by atoms with Crippen LogP contribution in [0, 0.1) is 5.92 Å². The van der Waals surface area contributed by atoms with Gasteiger partial charge in [-0.1, -0.05) is 12.5 Å². The van der Waals surface area contributed by atoms with Crippen molar-refractivity contribution in [3.05, 3.63) is 22.8 Å². The zero-order chi connectivity index (χ0) is 11.6. The van der Waals surface area contributed by atoms with Gasteiger partial charge < -0.3 is 4.74 Å². The summed E-state index contributed by atoms with van der Waals surface area (Å²) in [5.41, 5.74) is 2.66. The Bertz CT molecular complexity index is 361. The van der Waals surface area contributed by atoms with Crippen LogP contribution >= 0.6 is 0 Å². The molecule has 3 heteroatoms. The monoisotopic (exact) mass is 208 g/mol. The van der Waals surface area contributed by atoms with E-state index in [0.717, 1.165) is 16.7 Å². The summed E-state index contributed by atoms with van der Waals surface area (Å²) >= 11 is 0. The predicted octanol–water partition coefficient (Wildman–Crippen LogP) is 2.03. The number of ketones is 1. The van der Waals surface area contributed by atoms with E-state index >= 15 is 0 Å². The lowest BCUT2D eigenvalue weighted by molar-refractivity contribution is -0.139. The Hall–Kier alpha value is -1.38. The van der Waals surface area contributed by atoms with Gasteiger partial charge in [0.05, 0.1) is 0 Å². The van der Waals surface area contributed by atoms with Crippen LogP contribution in [0.2, 0.25) is 0 Å². The van der Waals surface area contributed by atoms with E-state index in [0.29, 0.717) is 0 Å². The highest BCUT2D eigenvalue weighted by molar-refractivity contribution is 6.11. The predicted molar refractivity (Wildman–Crippen MR) is 57.3 cm³/mol. The maximum atomic E-state index is 11.7. The number of carbonyl (C=O) groups excluding carboxylic acids is 2. The van der Waals surface area contributed by atoms with Crippen molar-refractivity contribution >= 4 is 11.8 Å². The van der Waals surface area contributed by atoms with E-state index in [1.165, 1.54) is 6.92 Å². The number of hydrogen-bond acceptors (Lipinski definition) is 3. The minimum Gasteiger partial charge on any atom is -0.462 e. The largest absolute Gasteiger partial charge is 0.462 e. The van der Waals surface area contributed by atoms with Gasteiger partial charge in [-0.05, 0) is 25.5 Å². The van der Waals surface area contributed by atoms with E-state index in [1.807, 2.05) is 20.8 Å². The fourth-order valence-electron chi connectivity index (χ4n) is 1.67. The third kappa shape index (κ3) is 2.35. The first-order valence-electron chi connectivity index (χ1n) is 5.00. The highest BCUT2D eigenvalue weighted by Gasteiger charge is 2.28. The molecule has 0 aromatic heterocycles. The molecule has 1 rings (SSSR count). The smallest absolute Gasteiger partial charge is 0.302 e. The van der Waals surface area contributed by atoms with Crippen LogP contribution in [0.1, 0.15) is 27.7 Å². The van der Waals surface area contributed by atoms with E-state index < -0.39 is 0 Å². The van der Waals surface area contributed by atoms with Crippen molar-refractivity contribution < 1.29 is 14.3 Å². The van der Waals surface area contributed by atoms with Crippen LogP contribution in [0.25, 0.3) is 0 Å². The molecule has 0 spiro atoms. The molecule has 1 aliphatic carbocycles. The number of rotatable bonds is 2. The number of hydrogen-bond donors (Lipinski definition) is 0. The molecule has 0 amide bonds. The molecule has 0 aromatic carbocycles. The van der Waals surface area contributed by atoms with Crippen LogP contribution in [-0.2, 0) is 14.3 Å². The Balaban J connectivity index is 2.74. The van der Waals surface area contributed by atoms with Crippen molar-refractivity contribution in [1.82, 2.24) is 0 Å². The lowest BCUT2D eigenvalue weighted by Crippen LogP contribution is -2.05. The number of ether oxygens (including phenoxy) is 1. The summed E-state index contributed by atoms with van der Waals surface area (Å²) in [6.07, 6.45) is 1.70. The van der Waals surface area contributed by atoms with E-state index in [2.05, 4.69) is 0 Å². The minimum atomic E-state index is -0.327. The molecule has 3 nitrogen and oxygen atoms in total. The third-order valence-electron chi connectivity index (χ3n) is 2.90. The molecule has 0 N–H and O–H groups in total. The average molecular weight is 208 g/mol. The van der Waals surface area contributed by atoms with Crippen LogP contribution in [0.3, 0.4) is 0 Å². The van der Waals surface area contributed by atoms with Crippen molar-refractivity contribution in [2.45, 2.75) is 27.7 Å². The van der Waals surface area contributed by atoms with Gasteiger partial charge in [-0.2, -0.15) is 0 Å². The first-order chi connectivity index (χ1) is 6.95. The minimum absolute atomic E-state index is 0.0761. The molecule has 15 heavy (non-hydrogen) atoms. The third-order valence-corrected chi connectivity index (χ3v) is 2.90. The summed E-state index contributed by atoms with van der Waals surface area (Å²) in [5.74, 6) is -0.105. The number of allylic oxidation sites excluding steroid dienone is 3. The number of Topliss-reactive ketones (excluding diaryl/α,β-unsaturated/α-hetero) is 1. The van der Waals surface area contributed by atoms with Crippen molar-refractivity contribution in [1.29, 1.82) is 0 Å². The average Bonchev–Trinajstić information content (AvgIpc) is 2.34. The quantitative estimate of drug-likeness (QED) is 0.515. The maximum absolute atomic E-state index is 11.7. The maximum Gasteiger partial charge on any atom is 0.302 e. The van der Waals surface area contributed by atoms with Gasteiger partial charge in [0.15, 0.2) is 5.78 Å². The second-order valence-electron chi connectivity index (χ2n) is 3.82. The van der Waals surface area contributed by atoms with E-state index in [4.69, 9.17) is 4.74 Å². The molecule has 0 saturated carbocycles. The van der Waals surface area contributed by atoms with Crippen LogP contribution in [0.5, 0.6) is 0 Å². The highest BCUT2D eigenvalue weighted by atomic mass is 16.5. The standard InChI is InChI=1S/C12H16O3/c1-7-8(2)11(12(14)9(7)3)5-6-15-10(4)13/h5,8H,6H2,1-4H3/b11-5+/t8-/m1/s1. The van der Waals surface area contributed by atoms with Crippen molar-refractivity contribution in [2.75, 3.05) is 6.61 Å². The molecule has 0 fully saturated rings. The summed E-state index contributed by atoms with van der Waals surface area (Å²) in [6, 6.07) is 0. The molecule has 0 aromatic rings. The SMILES string of the molecule is CC(=O)OC/C=C1/C(=O)C(C)=C(C)[C@H]1C. The van der Waals surface area contributed by atoms with Crippen molar-refractivity contribution in [2.24, 2.45) is 5.92 Å². The second-order valence-corrected chi connectivity index (χ2v) is 3.82.